The van der Waals surface area contributed by atoms with Gasteiger partial charge in [-0.25, -0.2) is 4.79 Å². The summed E-state index contributed by atoms with van der Waals surface area (Å²) >= 11 is 1.32. The highest BCUT2D eigenvalue weighted by Gasteiger charge is 2.43. The van der Waals surface area contributed by atoms with Crippen molar-refractivity contribution in [1.29, 1.82) is 0 Å². The molecule has 7 heteroatoms. The first-order chi connectivity index (χ1) is 16.7. The zero-order chi connectivity index (χ0) is 25.3. The van der Waals surface area contributed by atoms with E-state index in [1.165, 1.54) is 11.8 Å². The van der Waals surface area contributed by atoms with Gasteiger partial charge in [0.15, 0.2) is 0 Å². The third kappa shape index (κ3) is 8.16. The topological polar surface area (TPSA) is 78.9 Å². The Hall–Kier alpha value is -3.29. The molecule has 1 atom stereocenters. The lowest BCUT2D eigenvalue weighted by atomic mass is 9.96. The van der Waals surface area contributed by atoms with Crippen LogP contribution in [0.1, 0.15) is 31.9 Å². The first kappa shape index (κ1) is 26.3. The molecule has 184 valence electrons. The lowest BCUT2D eigenvalue weighted by Crippen LogP contribution is -2.54. The van der Waals surface area contributed by atoms with Gasteiger partial charge in [0.2, 0.25) is 5.91 Å². The number of hydrogen-bond acceptors (Lipinski definition) is 5. The summed E-state index contributed by atoms with van der Waals surface area (Å²) < 4.78 is 4.12. The summed E-state index contributed by atoms with van der Waals surface area (Å²) in [4.78, 5) is 27.4. The Morgan fingerprint density at radius 2 is 1.37 bits per heavy atom. The Morgan fingerprint density at radius 1 is 0.857 bits per heavy atom. The van der Waals surface area contributed by atoms with Crippen molar-refractivity contribution < 1.29 is 19.5 Å². The third-order valence-corrected chi connectivity index (χ3v) is 6.47. The summed E-state index contributed by atoms with van der Waals surface area (Å²) in [7, 11) is 0. The quantitative estimate of drug-likeness (QED) is 0.227. The average Bonchev–Trinajstić information content (AvgIpc) is 2.83. The zero-order valence-corrected chi connectivity index (χ0v) is 21.1. The molecule has 0 aliphatic carbocycles. The predicted molar refractivity (Wildman–Crippen MR) is 138 cm³/mol. The zero-order valence-electron chi connectivity index (χ0n) is 20.3. The molecule has 0 spiro atoms. The van der Waals surface area contributed by atoms with Crippen LogP contribution in [0.25, 0.3) is 0 Å². The molecule has 2 amide bonds. The smallest absolute Gasteiger partial charge is 0.434 e. The lowest BCUT2D eigenvalue weighted by Gasteiger charge is -2.35. The van der Waals surface area contributed by atoms with Crippen molar-refractivity contribution >= 4 is 23.8 Å². The minimum absolute atomic E-state index is 0.267. The van der Waals surface area contributed by atoms with Crippen LogP contribution in [0.15, 0.2) is 95.9 Å². The van der Waals surface area contributed by atoms with Crippen LogP contribution in [-0.4, -0.2) is 39.2 Å². The van der Waals surface area contributed by atoms with Gasteiger partial charge in [-0.3, -0.25) is 10.0 Å². The largest absolute Gasteiger partial charge is 0.442 e. The van der Waals surface area contributed by atoms with Crippen LogP contribution in [0.2, 0.25) is 0 Å². The fourth-order valence-electron chi connectivity index (χ4n) is 3.52. The molecule has 0 aliphatic rings. The van der Waals surface area contributed by atoms with Gasteiger partial charge in [-0.15, -0.1) is 11.8 Å². The van der Waals surface area contributed by atoms with Crippen LogP contribution in [0, 0.1) is 0 Å². The van der Waals surface area contributed by atoms with E-state index in [0.717, 1.165) is 16.0 Å². The van der Waals surface area contributed by atoms with E-state index < -0.39 is 16.4 Å². The minimum Gasteiger partial charge on any atom is -0.442 e. The Labute approximate surface area is 211 Å². The number of hydrogen-bond donors (Lipinski definition) is 2. The standard InChI is InChI=1S/C28H32N2O4S/c1-27(2,3)34-26(32)30(33)21-28(19-22-13-7-4-8-14-22,35-24-17-11-6-12-18-24)25(31)29-20-23-15-9-5-10-16-23/h4-18,33H,19-21H2,1-3H3,(H,29,31)/t28-/m0/s1. The van der Waals surface area contributed by atoms with E-state index in [4.69, 9.17) is 4.74 Å². The molecule has 35 heavy (non-hydrogen) atoms. The Morgan fingerprint density at radius 3 is 1.91 bits per heavy atom. The van der Waals surface area contributed by atoms with Crippen molar-refractivity contribution in [2.24, 2.45) is 0 Å². The molecule has 0 heterocycles. The molecule has 3 rings (SSSR count). The van der Waals surface area contributed by atoms with E-state index in [1.54, 1.807) is 20.8 Å². The fraction of sp³-hybridized carbons (Fsp3) is 0.286. The molecule has 0 aliphatic heterocycles. The van der Waals surface area contributed by atoms with E-state index >= 15 is 0 Å². The van der Waals surface area contributed by atoms with Crippen molar-refractivity contribution in [3.63, 3.8) is 0 Å². The Kier molecular flexibility index (Phi) is 8.95. The van der Waals surface area contributed by atoms with E-state index in [9.17, 15) is 14.8 Å². The number of benzene rings is 3. The van der Waals surface area contributed by atoms with Gasteiger partial charge in [-0.05, 0) is 50.5 Å². The molecule has 0 fully saturated rings. The van der Waals surface area contributed by atoms with Gasteiger partial charge in [0.05, 0.1) is 6.54 Å². The number of hydroxylamine groups is 2. The second-order valence-electron chi connectivity index (χ2n) is 9.28. The van der Waals surface area contributed by atoms with Gasteiger partial charge in [0.25, 0.3) is 0 Å². The van der Waals surface area contributed by atoms with E-state index in [2.05, 4.69) is 5.32 Å². The van der Waals surface area contributed by atoms with Gasteiger partial charge >= 0.3 is 6.09 Å². The highest BCUT2D eigenvalue weighted by Crippen LogP contribution is 2.37. The molecule has 3 aromatic rings. The summed E-state index contributed by atoms with van der Waals surface area (Å²) in [6.07, 6.45) is -0.618. The summed E-state index contributed by atoms with van der Waals surface area (Å²) in [5.74, 6) is -0.290. The maximum atomic E-state index is 13.9. The van der Waals surface area contributed by atoms with Gasteiger partial charge in [0.1, 0.15) is 10.3 Å². The molecule has 0 bridgehead atoms. The molecule has 0 saturated heterocycles. The van der Waals surface area contributed by atoms with Crippen molar-refractivity contribution in [2.45, 2.75) is 49.0 Å². The molecular formula is C28H32N2O4S. The normalized spacial score (nSPS) is 12.9. The fourth-order valence-corrected chi connectivity index (χ4v) is 4.86. The van der Waals surface area contributed by atoms with Gasteiger partial charge in [-0.2, -0.15) is 5.06 Å². The lowest BCUT2D eigenvalue weighted by molar-refractivity contribution is -0.130. The maximum Gasteiger partial charge on any atom is 0.434 e. The first-order valence-electron chi connectivity index (χ1n) is 11.5. The third-order valence-electron chi connectivity index (χ3n) is 5.11. The summed E-state index contributed by atoms with van der Waals surface area (Å²) in [6.45, 7) is 5.23. The van der Waals surface area contributed by atoms with Crippen LogP contribution < -0.4 is 5.32 Å². The second-order valence-corrected chi connectivity index (χ2v) is 10.7. The van der Waals surface area contributed by atoms with Crippen LogP contribution in [0.5, 0.6) is 0 Å². The van der Waals surface area contributed by atoms with Gasteiger partial charge in [0, 0.05) is 11.4 Å². The van der Waals surface area contributed by atoms with Crippen LogP contribution >= 0.6 is 11.8 Å². The van der Waals surface area contributed by atoms with Crippen molar-refractivity contribution in [3.8, 4) is 0 Å². The van der Waals surface area contributed by atoms with Crippen molar-refractivity contribution in [2.75, 3.05) is 6.54 Å². The number of carbonyl (C=O) groups is 2. The SMILES string of the molecule is CC(C)(C)OC(=O)N(O)C[C@](Cc1ccccc1)(Sc1ccccc1)C(=O)NCc1ccccc1. The predicted octanol–water partition coefficient (Wildman–Crippen LogP) is 5.70. The summed E-state index contributed by atoms with van der Waals surface area (Å²) in [5, 5.41) is 14.3. The number of amides is 2. The number of nitrogens with zero attached hydrogens (tertiary/aromatic N) is 1. The average molecular weight is 493 g/mol. The minimum atomic E-state index is -1.23. The monoisotopic (exact) mass is 492 g/mol. The highest BCUT2D eigenvalue weighted by molar-refractivity contribution is 8.01. The number of thioether (sulfide) groups is 1. The van der Waals surface area contributed by atoms with Gasteiger partial charge in [-0.1, -0.05) is 78.9 Å². The molecule has 0 unspecified atom stereocenters. The van der Waals surface area contributed by atoms with E-state index in [0.29, 0.717) is 11.6 Å². The molecule has 0 aromatic heterocycles. The highest BCUT2D eigenvalue weighted by atomic mass is 32.2. The molecular weight excluding hydrogens is 460 g/mol. The summed E-state index contributed by atoms with van der Waals surface area (Å²) in [5.41, 5.74) is 1.07. The van der Waals surface area contributed by atoms with Crippen molar-refractivity contribution in [1.82, 2.24) is 10.4 Å². The number of ether oxygens (including phenoxy) is 1. The second kappa shape index (κ2) is 11.9. The molecule has 0 saturated carbocycles. The Balaban J connectivity index is 1.96. The van der Waals surface area contributed by atoms with Crippen molar-refractivity contribution in [3.05, 3.63) is 102 Å². The van der Waals surface area contributed by atoms with Crippen LogP contribution in [0.4, 0.5) is 4.79 Å². The van der Waals surface area contributed by atoms with E-state index in [1.807, 2.05) is 91.0 Å². The molecule has 3 aromatic carbocycles. The number of carbonyl (C=O) groups excluding carboxylic acids is 2. The molecule has 2 N–H and O–H groups in total. The number of nitrogens with one attached hydrogen (secondary N) is 1. The van der Waals surface area contributed by atoms with Crippen LogP contribution in [-0.2, 0) is 22.5 Å². The van der Waals surface area contributed by atoms with Crippen LogP contribution in [0.3, 0.4) is 0 Å². The molecule has 6 nitrogen and oxygen atoms in total. The van der Waals surface area contributed by atoms with E-state index in [-0.39, 0.29) is 18.9 Å². The number of rotatable bonds is 9. The molecule has 0 radical (unpaired) electrons. The van der Waals surface area contributed by atoms with Gasteiger partial charge < -0.3 is 10.1 Å². The Bertz CT molecular complexity index is 1040. The summed E-state index contributed by atoms with van der Waals surface area (Å²) in [6, 6.07) is 28.7. The first-order valence-corrected chi connectivity index (χ1v) is 12.3. The maximum absolute atomic E-state index is 13.9.